The number of sulfonamides is 1. The predicted octanol–water partition coefficient (Wildman–Crippen LogP) is 2.35. The lowest BCUT2D eigenvalue weighted by Gasteiger charge is -2.15. The standard InChI is InChI=1S/C17H20N2O6S/c1-5-13-12(17(21)22)9-14(25-13)16(20)18-11-7-6-10(2)15(8-11)26(23,24)19(3)4/h6-9H,5H2,1-4H3,(H,18,20)(H,21,22). The van der Waals surface area contributed by atoms with Crippen LogP contribution in [0.25, 0.3) is 0 Å². The summed E-state index contributed by atoms with van der Waals surface area (Å²) in [6.07, 6.45) is 0.324. The highest BCUT2D eigenvalue weighted by Gasteiger charge is 2.22. The molecule has 1 heterocycles. The van der Waals surface area contributed by atoms with Crippen molar-refractivity contribution in [1.82, 2.24) is 4.31 Å². The molecule has 1 aromatic carbocycles. The summed E-state index contributed by atoms with van der Waals surface area (Å²) in [6, 6.07) is 5.64. The number of anilines is 1. The van der Waals surface area contributed by atoms with Crippen molar-refractivity contribution in [3.8, 4) is 0 Å². The zero-order valence-electron chi connectivity index (χ0n) is 14.9. The fraction of sp³-hybridized carbons (Fsp3) is 0.294. The van der Waals surface area contributed by atoms with Crippen molar-refractivity contribution in [2.75, 3.05) is 19.4 Å². The van der Waals surface area contributed by atoms with Gasteiger partial charge in [0, 0.05) is 32.3 Å². The fourth-order valence-electron chi connectivity index (χ4n) is 2.33. The average Bonchev–Trinajstić information content (AvgIpc) is 3.01. The van der Waals surface area contributed by atoms with E-state index in [-0.39, 0.29) is 27.7 Å². The summed E-state index contributed by atoms with van der Waals surface area (Å²) in [6.45, 7) is 3.37. The molecule has 26 heavy (non-hydrogen) atoms. The molecule has 0 fully saturated rings. The molecular weight excluding hydrogens is 360 g/mol. The number of amides is 1. The smallest absolute Gasteiger partial charge is 0.339 e. The van der Waals surface area contributed by atoms with E-state index in [1.165, 1.54) is 20.2 Å². The number of carboxylic acid groups (broad SMARTS) is 1. The van der Waals surface area contributed by atoms with E-state index in [0.29, 0.717) is 12.0 Å². The van der Waals surface area contributed by atoms with Crippen LogP contribution < -0.4 is 5.32 Å². The molecule has 8 nitrogen and oxygen atoms in total. The van der Waals surface area contributed by atoms with Gasteiger partial charge in [-0.25, -0.2) is 17.5 Å². The third kappa shape index (κ3) is 3.78. The lowest BCUT2D eigenvalue weighted by molar-refractivity contribution is 0.0694. The van der Waals surface area contributed by atoms with Crippen molar-refractivity contribution < 1.29 is 27.5 Å². The van der Waals surface area contributed by atoms with Crippen LogP contribution in [-0.4, -0.2) is 43.8 Å². The van der Waals surface area contributed by atoms with E-state index >= 15 is 0 Å². The molecule has 1 amide bonds. The van der Waals surface area contributed by atoms with Crippen molar-refractivity contribution in [3.05, 3.63) is 46.9 Å². The predicted molar refractivity (Wildman–Crippen MR) is 95.1 cm³/mol. The highest BCUT2D eigenvalue weighted by Crippen LogP contribution is 2.23. The van der Waals surface area contributed by atoms with Crippen molar-refractivity contribution in [2.24, 2.45) is 0 Å². The van der Waals surface area contributed by atoms with Crippen LogP contribution in [0.2, 0.25) is 0 Å². The van der Waals surface area contributed by atoms with Crippen LogP contribution in [0.1, 0.15) is 39.2 Å². The first kappa shape index (κ1) is 19.7. The summed E-state index contributed by atoms with van der Waals surface area (Å²) < 4.78 is 31.1. The molecule has 9 heteroatoms. The van der Waals surface area contributed by atoms with Gasteiger partial charge in [0.1, 0.15) is 11.3 Å². The summed E-state index contributed by atoms with van der Waals surface area (Å²) in [7, 11) is -0.829. The maximum Gasteiger partial charge on any atom is 0.339 e. The van der Waals surface area contributed by atoms with E-state index in [4.69, 9.17) is 9.52 Å². The van der Waals surface area contributed by atoms with Crippen LogP contribution in [0, 0.1) is 6.92 Å². The number of hydrogen-bond acceptors (Lipinski definition) is 5. The molecule has 0 saturated heterocycles. The monoisotopic (exact) mass is 380 g/mol. The number of nitrogens with zero attached hydrogens (tertiary/aromatic N) is 1. The molecule has 140 valence electrons. The summed E-state index contributed by atoms with van der Waals surface area (Å²) >= 11 is 0. The second kappa shape index (κ2) is 7.30. The molecule has 0 aliphatic rings. The second-order valence-electron chi connectivity index (χ2n) is 5.83. The Kier molecular flexibility index (Phi) is 5.53. The van der Waals surface area contributed by atoms with E-state index < -0.39 is 21.9 Å². The minimum atomic E-state index is -3.67. The van der Waals surface area contributed by atoms with Gasteiger partial charge in [0.05, 0.1) is 4.90 Å². The number of furan rings is 1. The van der Waals surface area contributed by atoms with Crippen LogP contribution in [0.3, 0.4) is 0 Å². The van der Waals surface area contributed by atoms with Gasteiger partial charge in [0.15, 0.2) is 5.76 Å². The highest BCUT2D eigenvalue weighted by molar-refractivity contribution is 7.89. The minimum Gasteiger partial charge on any atom is -0.478 e. The van der Waals surface area contributed by atoms with Crippen molar-refractivity contribution in [3.63, 3.8) is 0 Å². The van der Waals surface area contributed by atoms with Crippen LogP contribution >= 0.6 is 0 Å². The first-order valence-corrected chi connectivity index (χ1v) is 9.22. The Morgan fingerprint density at radius 1 is 1.23 bits per heavy atom. The number of rotatable bonds is 6. The number of nitrogens with one attached hydrogen (secondary N) is 1. The van der Waals surface area contributed by atoms with Crippen LogP contribution in [0.5, 0.6) is 0 Å². The number of hydrogen-bond donors (Lipinski definition) is 2. The third-order valence-corrected chi connectivity index (χ3v) is 5.75. The number of carboxylic acids is 1. The Morgan fingerprint density at radius 2 is 1.88 bits per heavy atom. The molecule has 0 bridgehead atoms. The summed E-state index contributed by atoms with van der Waals surface area (Å²) in [5.41, 5.74) is 0.723. The maximum atomic E-state index is 12.4. The Morgan fingerprint density at radius 3 is 2.38 bits per heavy atom. The molecule has 0 radical (unpaired) electrons. The van der Waals surface area contributed by atoms with Crippen molar-refractivity contribution >= 4 is 27.6 Å². The zero-order valence-corrected chi connectivity index (χ0v) is 15.7. The Balaban J connectivity index is 2.35. The largest absolute Gasteiger partial charge is 0.478 e. The van der Waals surface area contributed by atoms with Crippen molar-refractivity contribution in [2.45, 2.75) is 25.2 Å². The SMILES string of the molecule is CCc1oc(C(=O)Nc2ccc(C)c(S(=O)(=O)N(C)C)c2)cc1C(=O)O. The molecule has 2 aromatic rings. The molecule has 0 unspecified atom stereocenters. The molecule has 0 aliphatic heterocycles. The van der Waals surface area contributed by atoms with Crippen molar-refractivity contribution in [1.29, 1.82) is 0 Å². The molecule has 0 atom stereocenters. The average molecular weight is 380 g/mol. The number of carbonyl (C=O) groups excluding carboxylic acids is 1. The van der Waals surface area contributed by atoms with Gasteiger partial charge in [-0.05, 0) is 24.6 Å². The molecule has 0 saturated carbocycles. The van der Waals surface area contributed by atoms with Crippen LogP contribution in [-0.2, 0) is 16.4 Å². The first-order valence-electron chi connectivity index (χ1n) is 7.78. The van der Waals surface area contributed by atoms with Gasteiger partial charge >= 0.3 is 5.97 Å². The molecule has 0 spiro atoms. The highest BCUT2D eigenvalue weighted by atomic mass is 32.2. The van der Waals surface area contributed by atoms with E-state index in [9.17, 15) is 18.0 Å². The summed E-state index contributed by atoms with van der Waals surface area (Å²) in [4.78, 5) is 23.6. The van der Waals surface area contributed by atoms with Gasteiger partial charge in [-0.15, -0.1) is 0 Å². The Bertz CT molecular complexity index is 960. The van der Waals surface area contributed by atoms with Gasteiger partial charge in [-0.2, -0.15) is 0 Å². The van der Waals surface area contributed by atoms with E-state index in [2.05, 4.69) is 5.32 Å². The van der Waals surface area contributed by atoms with Gasteiger partial charge in [-0.1, -0.05) is 13.0 Å². The van der Waals surface area contributed by atoms with Gasteiger partial charge < -0.3 is 14.8 Å². The Labute approximate surface area is 151 Å². The number of benzene rings is 1. The maximum absolute atomic E-state index is 12.4. The lowest BCUT2D eigenvalue weighted by atomic mass is 10.2. The molecular formula is C17H20N2O6S. The van der Waals surface area contributed by atoms with E-state index in [1.807, 2.05) is 0 Å². The third-order valence-electron chi connectivity index (χ3n) is 3.79. The Hall–Kier alpha value is -2.65. The topological polar surface area (TPSA) is 117 Å². The van der Waals surface area contributed by atoms with Gasteiger partial charge in [0.25, 0.3) is 5.91 Å². The molecule has 2 N–H and O–H groups in total. The normalized spacial score (nSPS) is 11.6. The minimum absolute atomic E-state index is 0.0696. The first-order chi connectivity index (χ1) is 12.1. The second-order valence-corrected chi connectivity index (χ2v) is 7.95. The number of carbonyl (C=O) groups is 2. The summed E-state index contributed by atoms with van der Waals surface area (Å²) in [5.74, 6) is -1.80. The number of aromatic carboxylic acids is 1. The molecule has 1 aromatic heterocycles. The van der Waals surface area contributed by atoms with Crippen LogP contribution in [0.4, 0.5) is 5.69 Å². The van der Waals surface area contributed by atoms with Crippen LogP contribution in [0.15, 0.2) is 33.6 Å². The molecule has 0 aliphatic carbocycles. The quantitative estimate of drug-likeness (QED) is 0.794. The van der Waals surface area contributed by atoms with Gasteiger partial charge in [-0.3, -0.25) is 4.79 Å². The fourth-order valence-corrected chi connectivity index (χ4v) is 3.47. The van der Waals surface area contributed by atoms with E-state index in [1.54, 1.807) is 26.0 Å². The number of aryl methyl sites for hydroxylation is 2. The summed E-state index contributed by atoms with van der Waals surface area (Å²) in [5, 5.41) is 11.7. The zero-order chi connectivity index (χ0) is 19.6. The lowest BCUT2D eigenvalue weighted by Crippen LogP contribution is -2.23. The van der Waals surface area contributed by atoms with Gasteiger partial charge in [0.2, 0.25) is 10.0 Å². The van der Waals surface area contributed by atoms with E-state index in [0.717, 1.165) is 10.4 Å². The molecule has 2 rings (SSSR count).